The molecule has 0 saturated carbocycles. The van der Waals surface area contributed by atoms with E-state index < -0.39 is 0 Å². The Morgan fingerprint density at radius 3 is 2.43 bits per heavy atom. The van der Waals surface area contributed by atoms with Gasteiger partial charge < -0.3 is 15.2 Å². The van der Waals surface area contributed by atoms with E-state index in [1.807, 2.05) is 6.07 Å². The highest BCUT2D eigenvalue weighted by atomic mass is 16.5. The molecule has 4 nitrogen and oxygen atoms in total. The van der Waals surface area contributed by atoms with Crippen LogP contribution in [0.2, 0.25) is 0 Å². The first kappa shape index (κ1) is 14.7. The summed E-state index contributed by atoms with van der Waals surface area (Å²) in [4.78, 5) is 12.1. The molecule has 0 saturated heterocycles. The predicted octanol–water partition coefficient (Wildman–Crippen LogP) is 3.18. The van der Waals surface area contributed by atoms with Crippen molar-refractivity contribution in [3.8, 4) is 11.5 Å². The van der Waals surface area contributed by atoms with Gasteiger partial charge in [0.05, 0.1) is 14.2 Å². The number of allylic oxidation sites excluding steroid dienone is 1. The highest BCUT2D eigenvalue weighted by Crippen LogP contribution is 2.28. The van der Waals surface area contributed by atoms with Crippen LogP contribution >= 0.6 is 0 Å². The average Bonchev–Trinajstić information content (AvgIpc) is 2.52. The summed E-state index contributed by atoms with van der Waals surface area (Å²) in [7, 11) is 3.15. The number of methoxy groups -OCH3 is 2. The number of ketones is 1. The largest absolute Gasteiger partial charge is 0.493 e. The van der Waals surface area contributed by atoms with E-state index in [2.05, 4.69) is 0 Å². The zero-order valence-electron chi connectivity index (χ0n) is 12.0. The minimum Gasteiger partial charge on any atom is -0.493 e. The van der Waals surface area contributed by atoms with E-state index in [1.165, 1.54) is 6.08 Å². The fraction of sp³-hybridized carbons (Fsp3) is 0.118. The Bertz CT molecular complexity index is 677. The lowest BCUT2D eigenvalue weighted by Gasteiger charge is -2.07. The lowest BCUT2D eigenvalue weighted by atomic mass is 10.1. The summed E-state index contributed by atoms with van der Waals surface area (Å²) in [6.07, 6.45) is 3.21. The summed E-state index contributed by atoms with van der Waals surface area (Å²) in [5.41, 5.74) is 7.59. The standard InChI is InChI=1S/C17H17NO3/c1-20-16-10-8-12(11-17(16)21-2)7-9-15(19)13-5-3-4-6-14(13)18/h3-11H,18H2,1-2H3/b9-7-. The van der Waals surface area contributed by atoms with Gasteiger partial charge in [-0.25, -0.2) is 0 Å². The Morgan fingerprint density at radius 1 is 1.05 bits per heavy atom. The Morgan fingerprint density at radius 2 is 1.76 bits per heavy atom. The minimum atomic E-state index is -0.136. The molecule has 2 N–H and O–H groups in total. The SMILES string of the molecule is COc1ccc(/C=C\C(=O)c2ccccc2N)cc1OC. The fourth-order valence-corrected chi connectivity index (χ4v) is 1.94. The zero-order valence-corrected chi connectivity index (χ0v) is 12.0. The number of carbonyl (C=O) groups excluding carboxylic acids is 1. The van der Waals surface area contributed by atoms with E-state index in [4.69, 9.17) is 15.2 Å². The molecule has 0 radical (unpaired) electrons. The normalized spacial score (nSPS) is 10.6. The van der Waals surface area contributed by atoms with Crippen LogP contribution in [0.15, 0.2) is 48.5 Å². The Labute approximate surface area is 123 Å². The van der Waals surface area contributed by atoms with Gasteiger partial charge in [-0.05, 0) is 35.9 Å². The van der Waals surface area contributed by atoms with Gasteiger partial charge in [0.2, 0.25) is 0 Å². The Balaban J connectivity index is 2.22. The van der Waals surface area contributed by atoms with Crippen molar-refractivity contribution in [1.82, 2.24) is 0 Å². The van der Waals surface area contributed by atoms with Crippen molar-refractivity contribution in [1.29, 1.82) is 0 Å². The first-order valence-electron chi connectivity index (χ1n) is 6.44. The van der Waals surface area contributed by atoms with E-state index in [-0.39, 0.29) is 5.78 Å². The molecule has 0 spiro atoms. The molecule has 0 aliphatic carbocycles. The molecule has 0 aliphatic rings. The summed E-state index contributed by atoms with van der Waals surface area (Å²) in [6, 6.07) is 12.4. The quantitative estimate of drug-likeness (QED) is 0.520. The predicted molar refractivity (Wildman–Crippen MR) is 83.8 cm³/mol. The highest BCUT2D eigenvalue weighted by molar-refractivity contribution is 6.10. The molecule has 0 bridgehead atoms. The van der Waals surface area contributed by atoms with Crippen LogP contribution in [0.1, 0.15) is 15.9 Å². The number of ether oxygens (including phenoxy) is 2. The van der Waals surface area contributed by atoms with Crippen molar-refractivity contribution in [3.63, 3.8) is 0 Å². The van der Waals surface area contributed by atoms with Gasteiger partial charge in [0, 0.05) is 11.3 Å². The summed E-state index contributed by atoms with van der Waals surface area (Å²) in [6.45, 7) is 0. The second kappa shape index (κ2) is 6.61. The molecule has 0 fully saturated rings. The van der Waals surface area contributed by atoms with Gasteiger partial charge in [-0.1, -0.05) is 24.3 Å². The number of rotatable bonds is 5. The number of para-hydroxylation sites is 1. The molecule has 2 aromatic carbocycles. The zero-order chi connectivity index (χ0) is 15.2. The summed E-state index contributed by atoms with van der Waals surface area (Å²) >= 11 is 0. The van der Waals surface area contributed by atoms with Crippen molar-refractivity contribution < 1.29 is 14.3 Å². The fourth-order valence-electron chi connectivity index (χ4n) is 1.94. The van der Waals surface area contributed by atoms with Gasteiger partial charge >= 0.3 is 0 Å². The molecule has 0 aliphatic heterocycles. The third-order valence-corrected chi connectivity index (χ3v) is 3.06. The maximum Gasteiger partial charge on any atom is 0.187 e. The van der Waals surface area contributed by atoms with E-state index in [0.29, 0.717) is 22.7 Å². The first-order valence-corrected chi connectivity index (χ1v) is 6.44. The summed E-state index contributed by atoms with van der Waals surface area (Å²) in [5, 5.41) is 0. The molecule has 0 heterocycles. The topological polar surface area (TPSA) is 61.5 Å². The molecule has 21 heavy (non-hydrogen) atoms. The maximum atomic E-state index is 12.1. The van der Waals surface area contributed by atoms with Crippen LogP contribution in [0.25, 0.3) is 6.08 Å². The molecule has 2 aromatic rings. The molecular weight excluding hydrogens is 266 g/mol. The van der Waals surface area contributed by atoms with Crippen molar-refractivity contribution in [2.75, 3.05) is 20.0 Å². The van der Waals surface area contributed by atoms with Gasteiger partial charge in [0.1, 0.15) is 0 Å². The number of carbonyl (C=O) groups is 1. The van der Waals surface area contributed by atoms with Gasteiger partial charge in [-0.15, -0.1) is 0 Å². The van der Waals surface area contributed by atoms with Crippen LogP contribution in [-0.2, 0) is 0 Å². The second-order valence-electron chi connectivity index (χ2n) is 4.40. The van der Waals surface area contributed by atoms with Gasteiger partial charge in [0.15, 0.2) is 17.3 Å². The van der Waals surface area contributed by atoms with Crippen molar-refractivity contribution in [2.45, 2.75) is 0 Å². The lowest BCUT2D eigenvalue weighted by molar-refractivity contribution is 0.104. The molecule has 4 heteroatoms. The molecule has 2 rings (SSSR count). The number of nitrogens with two attached hydrogens (primary N) is 1. The Hall–Kier alpha value is -2.75. The van der Waals surface area contributed by atoms with Crippen molar-refractivity contribution in [3.05, 3.63) is 59.7 Å². The van der Waals surface area contributed by atoms with Crippen molar-refractivity contribution >= 4 is 17.5 Å². The first-order chi connectivity index (χ1) is 10.2. The maximum absolute atomic E-state index is 12.1. The van der Waals surface area contributed by atoms with Crippen molar-refractivity contribution in [2.24, 2.45) is 0 Å². The summed E-state index contributed by atoms with van der Waals surface area (Å²) < 4.78 is 10.4. The number of hydrogen-bond acceptors (Lipinski definition) is 4. The van der Waals surface area contributed by atoms with Crippen LogP contribution in [0, 0.1) is 0 Å². The van der Waals surface area contributed by atoms with Crippen LogP contribution < -0.4 is 15.2 Å². The minimum absolute atomic E-state index is 0.136. The summed E-state index contributed by atoms with van der Waals surface area (Å²) in [5.74, 6) is 1.13. The van der Waals surface area contributed by atoms with Crippen LogP contribution in [0.5, 0.6) is 11.5 Å². The molecule has 0 amide bonds. The van der Waals surface area contributed by atoms with Crippen LogP contribution in [-0.4, -0.2) is 20.0 Å². The molecule has 0 unspecified atom stereocenters. The monoisotopic (exact) mass is 283 g/mol. The van der Waals surface area contributed by atoms with E-state index >= 15 is 0 Å². The van der Waals surface area contributed by atoms with Gasteiger partial charge in [-0.2, -0.15) is 0 Å². The molecule has 0 atom stereocenters. The molecule has 0 aromatic heterocycles. The second-order valence-corrected chi connectivity index (χ2v) is 4.40. The molecule has 108 valence electrons. The number of benzene rings is 2. The third-order valence-electron chi connectivity index (χ3n) is 3.06. The lowest BCUT2D eigenvalue weighted by Crippen LogP contribution is -2.00. The van der Waals surface area contributed by atoms with E-state index in [0.717, 1.165) is 5.56 Å². The average molecular weight is 283 g/mol. The third kappa shape index (κ3) is 3.42. The number of anilines is 1. The smallest absolute Gasteiger partial charge is 0.187 e. The van der Waals surface area contributed by atoms with E-state index in [1.54, 1.807) is 56.7 Å². The van der Waals surface area contributed by atoms with Gasteiger partial charge in [0.25, 0.3) is 0 Å². The number of nitrogen functional groups attached to an aromatic ring is 1. The van der Waals surface area contributed by atoms with E-state index in [9.17, 15) is 4.79 Å². The molecular formula is C17H17NO3. The Kier molecular flexibility index (Phi) is 4.61. The number of hydrogen-bond donors (Lipinski definition) is 1. The highest BCUT2D eigenvalue weighted by Gasteiger charge is 2.06. The van der Waals surface area contributed by atoms with Gasteiger partial charge in [-0.3, -0.25) is 4.79 Å². The van der Waals surface area contributed by atoms with Crippen LogP contribution in [0.4, 0.5) is 5.69 Å². The van der Waals surface area contributed by atoms with Crippen LogP contribution in [0.3, 0.4) is 0 Å².